The Kier molecular flexibility index (Phi) is 5.10. The van der Waals surface area contributed by atoms with Crippen LogP contribution < -0.4 is 20.1 Å². The highest BCUT2D eigenvalue weighted by Gasteiger charge is 2.31. The standard InChI is InChI=1S/C24H21FN2O4/c1-14-8-9-15(12-19(14)27-23(29)17-6-4-5-7-18(17)25)22(28)26-16-10-11-20-21(13-16)31-24(2,3)30-20/h4-13H,1-3H3,(H,26,28)(H,27,29). The summed E-state index contributed by atoms with van der Waals surface area (Å²) < 4.78 is 25.2. The van der Waals surface area contributed by atoms with Gasteiger partial charge in [0.25, 0.3) is 11.8 Å². The Morgan fingerprint density at radius 1 is 0.871 bits per heavy atom. The van der Waals surface area contributed by atoms with E-state index in [0.29, 0.717) is 28.4 Å². The van der Waals surface area contributed by atoms with Crippen molar-refractivity contribution < 1.29 is 23.5 Å². The van der Waals surface area contributed by atoms with E-state index in [1.165, 1.54) is 18.2 Å². The van der Waals surface area contributed by atoms with Crippen molar-refractivity contribution in [2.45, 2.75) is 26.6 Å². The average molecular weight is 420 g/mol. The van der Waals surface area contributed by atoms with E-state index in [-0.39, 0.29) is 11.5 Å². The van der Waals surface area contributed by atoms with Gasteiger partial charge in [0, 0.05) is 36.9 Å². The molecule has 1 heterocycles. The number of rotatable bonds is 4. The number of aryl methyl sites for hydroxylation is 1. The molecule has 4 rings (SSSR count). The Morgan fingerprint density at radius 2 is 1.61 bits per heavy atom. The van der Waals surface area contributed by atoms with Crippen molar-refractivity contribution in [3.63, 3.8) is 0 Å². The molecule has 2 amide bonds. The molecule has 0 fully saturated rings. The lowest BCUT2D eigenvalue weighted by Crippen LogP contribution is -2.29. The molecule has 0 unspecified atom stereocenters. The number of carbonyl (C=O) groups is 2. The largest absolute Gasteiger partial charge is 0.449 e. The first kappa shape index (κ1) is 20.4. The molecule has 31 heavy (non-hydrogen) atoms. The topological polar surface area (TPSA) is 76.7 Å². The van der Waals surface area contributed by atoms with Gasteiger partial charge in [-0.1, -0.05) is 18.2 Å². The fraction of sp³-hybridized carbons (Fsp3) is 0.167. The van der Waals surface area contributed by atoms with Crippen LogP contribution in [0.2, 0.25) is 0 Å². The zero-order chi connectivity index (χ0) is 22.2. The first-order valence-corrected chi connectivity index (χ1v) is 9.72. The quantitative estimate of drug-likeness (QED) is 0.612. The summed E-state index contributed by atoms with van der Waals surface area (Å²) >= 11 is 0. The first-order chi connectivity index (χ1) is 14.7. The van der Waals surface area contributed by atoms with Gasteiger partial charge < -0.3 is 20.1 Å². The van der Waals surface area contributed by atoms with Crippen LogP contribution in [0.5, 0.6) is 11.5 Å². The molecule has 1 aliphatic rings. The van der Waals surface area contributed by atoms with Crippen molar-refractivity contribution in [1.29, 1.82) is 0 Å². The van der Waals surface area contributed by atoms with Crippen molar-refractivity contribution in [2.75, 3.05) is 10.6 Å². The second-order valence-corrected chi connectivity index (χ2v) is 7.68. The highest BCUT2D eigenvalue weighted by Crippen LogP contribution is 2.40. The lowest BCUT2D eigenvalue weighted by atomic mass is 10.1. The van der Waals surface area contributed by atoms with E-state index in [1.807, 2.05) is 0 Å². The smallest absolute Gasteiger partial charge is 0.258 e. The lowest BCUT2D eigenvalue weighted by molar-refractivity contribution is -0.0431. The fourth-order valence-corrected chi connectivity index (χ4v) is 3.24. The molecule has 0 spiro atoms. The molecule has 0 saturated heterocycles. The summed E-state index contributed by atoms with van der Waals surface area (Å²) in [6.45, 7) is 5.39. The number of hydrogen-bond acceptors (Lipinski definition) is 4. The Hall–Kier alpha value is -3.87. The summed E-state index contributed by atoms with van der Waals surface area (Å²) in [6.07, 6.45) is 0. The predicted octanol–water partition coefficient (Wildman–Crippen LogP) is 5.15. The maximum absolute atomic E-state index is 13.9. The normalized spacial score (nSPS) is 13.5. The van der Waals surface area contributed by atoms with E-state index in [2.05, 4.69) is 10.6 Å². The summed E-state index contributed by atoms with van der Waals surface area (Å²) in [6, 6.07) is 15.8. The molecule has 0 aliphatic carbocycles. The number of ether oxygens (including phenoxy) is 2. The van der Waals surface area contributed by atoms with Gasteiger partial charge in [0.1, 0.15) is 5.82 Å². The number of benzene rings is 3. The number of hydrogen-bond donors (Lipinski definition) is 2. The maximum atomic E-state index is 13.9. The minimum atomic E-state index is -0.757. The molecule has 0 saturated carbocycles. The van der Waals surface area contributed by atoms with Gasteiger partial charge in [-0.15, -0.1) is 0 Å². The van der Waals surface area contributed by atoms with Gasteiger partial charge in [-0.25, -0.2) is 4.39 Å². The van der Waals surface area contributed by atoms with Crippen LogP contribution in [-0.4, -0.2) is 17.6 Å². The molecule has 2 N–H and O–H groups in total. The van der Waals surface area contributed by atoms with E-state index >= 15 is 0 Å². The monoisotopic (exact) mass is 420 g/mol. The molecule has 6 nitrogen and oxygen atoms in total. The number of fused-ring (bicyclic) bond motifs is 1. The van der Waals surface area contributed by atoms with Crippen LogP contribution in [0.3, 0.4) is 0 Å². The Morgan fingerprint density at radius 3 is 2.39 bits per heavy atom. The number of nitrogens with one attached hydrogen (secondary N) is 2. The van der Waals surface area contributed by atoms with Crippen LogP contribution in [0.25, 0.3) is 0 Å². The van der Waals surface area contributed by atoms with Crippen LogP contribution in [-0.2, 0) is 0 Å². The van der Waals surface area contributed by atoms with Crippen molar-refractivity contribution >= 4 is 23.2 Å². The molecule has 3 aromatic rings. The highest BCUT2D eigenvalue weighted by molar-refractivity contribution is 6.08. The maximum Gasteiger partial charge on any atom is 0.258 e. The molecule has 0 bridgehead atoms. The van der Waals surface area contributed by atoms with E-state index in [0.717, 1.165) is 5.56 Å². The summed E-state index contributed by atoms with van der Waals surface area (Å²) in [5.41, 5.74) is 1.98. The summed E-state index contributed by atoms with van der Waals surface area (Å²) in [7, 11) is 0. The van der Waals surface area contributed by atoms with Crippen LogP contribution >= 0.6 is 0 Å². The summed E-state index contributed by atoms with van der Waals surface area (Å²) in [5.74, 6) is -1.16. The van der Waals surface area contributed by atoms with Crippen molar-refractivity contribution in [2.24, 2.45) is 0 Å². The van der Waals surface area contributed by atoms with Gasteiger partial charge in [-0.2, -0.15) is 0 Å². The zero-order valence-corrected chi connectivity index (χ0v) is 17.3. The van der Waals surface area contributed by atoms with Gasteiger partial charge in [0.2, 0.25) is 5.79 Å². The first-order valence-electron chi connectivity index (χ1n) is 9.72. The average Bonchev–Trinajstić information content (AvgIpc) is 3.03. The Balaban J connectivity index is 1.51. The molecular formula is C24H21FN2O4. The van der Waals surface area contributed by atoms with Crippen LogP contribution in [0.15, 0.2) is 60.7 Å². The number of carbonyl (C=O) groups excluding carboxylic acids is 2. The number of halogens is 1. The summed E-state index contributed by atoms with van der Waals surface area (Å²) in [4.78, 5) is 25.2. The van der Waals surface area contributed by atoms with Crippen molar-refractivity contribution in [3.05, 3.63) is 83.2 Å². The van der Waals surface area contributed by atoms with E-state index in [9.17, 15) is 14.0 Å². The second kappa shape index (κ2) is 7.75. The Labute approximate surface area is 179 Å². The molecule has 0 aromatic heterocycles. The zero-order valence-electron chi connectivity index (χ0n) is 17.3. The van der Waals surface area contributed by atoms with Crippen LogP contribution in [0.4, 0.5) is 15.8 Å². The fourth-order valence-electron chi connectivity index (χ4n) is 3.24. The second-order valence-electron chi connectivity index (χ2n) is 7.68. The van der Waals surface area contributed by atoms with Crippen molar-refractivity contribution in [3.8, 4) is 11.5 Å². The molecule has 1 aliphatic heterocycles. The predicted molar refractivity (Wildman–Crippen MR) is 115 cm³/mol. The van der Waals surface area contributed by atoms with E-state index in [1.54, 1.807) is 63.2 Å². The molecular weight excluding hydrogens is 399 g/mol. The molecule has 7 heteroatoms. The molecule has 0 atom stereocenters. The molecule has 158 valence electrons. The highest BCUT2D eigenvalue weighted by atomic mass is 19.1. The van der Waals surface area contributed by atoms with Gasteiger partial charge in [-0.3, -0.25) is 9.59 Å². The molecule has 0 radical (unpaired) electrons. The SMILES string of the molecule is Cc1ccc(C(=O)Nc2ccc3c(c2)OC(C)(C)O3)cc1NC(=O)c1ccccc1F. The van der Waals surface area contributed by atoms with Gasteiger partial charge in [-0.05, 0) is 48.9 Å². The number of amides is 2. The third-order valence-electron chi connectivity index (χ3n) is 4.78. The summed E-state index contributed by atoms with van der Waals surface area (Å²) in [5, 5.41) is 5.48. The minimum absolute atomic E-state index is 0.0694. The molecule has 3 aromatic carbocycles. The third kappa shape index (κ3) is 4.35. The van der Waals surface area contributed by atoms with Gasteiger partial charge in [0.05, 0.1) is 5.56 Å². The van der Waals surface area contributed by atoms with E-state index < -0.39 is 17.5 Å². The van der Waals surface area contributed by atoms with E-state index in [4.69, 9.17) is 9.47 Å². The minimum Gasteiger partial charge on any atom is -0.449 e. The lowest BCUT2D eigenvalue weighted by Gasteiger charge is -2.16. The van der Waals surface area contributed by atoms with Crippen LogP contribution in [0.1, 0.15) is 40.1 Å². The Bertz CT molecular complexity index is 1190. The van der Waals surface area contributed by atoms with Gasteiger partial charge in [0.15, 0.2) is 11.5 Å². The van der Waals surface area contributed by atoms with Crippen molar-refractivity contribution in [1.82, 2.24) is 0 Å². The third-order valence-corrected chi connectivity index (χ3v) is 4.78. The van der Waals surface area contributed by atoms with Gasteiger partial charge >= 0.3 is 0 Å². The number of anilines is 2. The van der Waals surface area contributed by atoms with Crippen LogP contribution in [0, 0.1) is 12.7 Å².